The van der Waals surface area contributed by atoms with Crippen LogP contribution in [-0.2, 0) is 18.9 Å². The van der Waals surface area contributed by atoms with E-state index < -0.39 is 5.79 Å². The summed E-state index contributed by atoms with van der Waals surface area (Å²) in [5.74, 6) is 0.724. The van der Waals surface area contributed by atoms with Crippen LogP contribution in [0.3, 0.4) is 0 Å². The maximum absolute atomic E-state index is 6.33. The van der Waals surface area contributed by atoms with Crippen molar-refractivity contribution in [3.05, 3.63) is 22.8 Å². The van der Waals surface area contributed by atoms with E-state index >= 15 is 0 Å². The largest absolute Gasteiger partial charge is 0.347 e. The highest BCUT2D eigenvalue weighted by atomic mass is 16.7. The van der Waals surface area contributed by atoms with Gasteiger partial charge in [-0.05, 0) is 80.3 Å². The predicted octanol–water partition coefficient (Wildman–Crippen LogP) is 5.53. The van der Waals surface area contributed by atoms with Crippen molar-refractivity contribution in [3.63, 3.8) is 0 Å². The lowest BCUT2D eigenvalue weighted by molar-refractivity contribution is -0.261. The highest BCUT2D eigenvalue weighted by Crippen LogP contribution is 2.71. The third-order valence-electron chi connectivity index (χ3n) is 10.3. The quantitative estimate of drug-likeness (QED) is 0.596. The summed E-state index contributed by atoms with van der Waals surface area (Å²) in [5, 5.41) is 0. The minimum absolute atomic E-state index is 0.111. The highest BCUT2D eigenvalue weighted by molar-refractivity contribution is 5.45. The van der Waals surface area contributed by atoms with E-state index in [0.717, 1.165) is 64.4 Å². The Morgan fingerprint density at radius 1 is 0.933 bits per heavy atom. The Morgan fingerprint density at radius 3 is 2.40 bits per heavy atom. The molecule has 0 radical (unpaired) electrons. The first kappa shape index (κ1) is 20.0. The minimum atomic E-state index is -0.427. The molecule has 2 aliphatic heterocycles. The zero-order chi connectivity index (χ0) is 20.6. The maximum atomic E-state index is 6.33. The Labute approximate surface area is 181 Å². The summed E-state index contributed by atoms with van der Waals surface area (Å²) < 4.78 is 24.8. The van der Waals surface area contributed by atoms with E-state index in [1.54, 1.807) is 16.7 Å². The zero-order valence-electron chi connectivity index (χ0n) is 19.1. The van der Waals surface area contributed by atoms with Crippen molar-refractivity contribution < 1.29 is 18.9 Å². The second-order valence-corrected chi connectivity index (χ2v) is 11.0. The lowest BCUT2D eigenvalue weighted by Gasteiger charge is -2.57. The Balaban J connectivity index is 1.35. The van der Waals surface area contributed by atoms with Gasteiger partial charge in [0.2, 0.25) is 0 Å². The molecule has 0 amide bonds. The van der Waals surface area contributed by atoms with Gasteiger partial charge in [-0.1, -0.05) is 25.5 Å². The second-order valence-electron chi connectivity index (χ2n) is 11.0. The summed E-state index contributed by atoms with van der Waals surface area (Å²) in [6.07, 6.45) is 13.1. The van der Waals surface area contributed by atoms with Gasteiger partial charge in [-0.2, -0.15) is 0 Å². The van der Waals surface area contributed by atoms with E-state index in [0.29, 0.717) is 5.92 Å². The average molecular weight is 415 g/mol. The fourth-order valence-corrected chi connectivity index (χ4v) is 8.86. The molecule has 4 aliphatic carbocycles. The lowest BCUT2D eigenvalue weighted by atomic mass is 9.51. The van der Waals surface area contributed by atoms with Gasteiger partial charge < -0.3 is 18.9 Å². The molecule has 4 nitrogen and oxygen atoms in total. The van der Waals surface area contributed by atoms with Crippen LogP contribution in [0.25, 0.3) is 0 Å². The molecule has 4 atom stereocenters. The van der Waals surface area contributed by atoms with Crippen LogP contribution in [0.15, 0.2) is 22.8 Å². The van der Waals surface area contributed by atoms with Crippen molar-refractivity contribution in [2.45, 2.75) is 90.1 Å². The third-order valence-corrected chi connectivity index (χ3v) is 10.3. The SMILES string of the molecule is CC[C@]1(C2(C)OCCO2)CCC2C3CCC4=C(CCC5(C4)OCCO5)C3=CC[C@@]21C. The Morgan fingerprint density at radius 2 is 1.67 bits per heavy atom. The standard InChI is InChI=1S/C26H38O4/c1-4-25(24(3)27-13-14-28-24)11-9-22-21-6-5-18-17-26(29-15-16-30-26)12-8-19(18)20(21)7-10-23(22,25)2/h7,21-22H,4-6,8-17H2,1-3H3/t21?,22?,23-,25-/m0/s1. The molecule has 3 fully saturated rings. The van der Waals surface area contributed by atoms with Gasteiger partial charge in [0.1, 0.15) is 0 Å². The molecule has 0 N–H and O–H groups in total. The maximum Gasteiger partial charge on any atom is 0.172 e. The van der Waals surface area contributed by atoms with Crippen LogP contribution in [0, 0.1) is 22.7 Å². The molecule has 1 spiro atoms. The Hall–Kier alpha value is -0.680. The Bertz CT molecular complexity index is 785. The first-order valence-corrected chi connectivity index (χ1v) is 12.4. The number of rotatable bonds is 2. The van der Waals surface area contributed by atoms with Crippen LogP contribution < -0.4 is 0 Å². The van der Waals surface area contributed by atoms with E-state index in [1.165, 1.54) is 25.7 Å². The van der Waals surface area contributed by atoms with E-state index in [4.69, 9.17) is 18.9 Å². The van der Waals surface area contributed by atoms with Crippen molar-refractivity contribution in [1.82, 2.24) is 0 Å². The average Bonchev–Trinajstić information content (AvgIpc) is 3.46. The van der Waals surface area contributed by atoms with Crippen LogP contribution in [0.5, 0.6) is 0 Å². The van der Waals surface area contributed by atoms with Gasteiger partial charge in [0.15, 0.2) is 11.6 Å². The molecule has 6 aliphatic rings. The van der Waals surface area contributed by atoms with Gasteiger partial charge in [-0.15, -0.1) is 0 Å². The molecule has 4 heteroatoms. The summed E-state index contributed by atoms with van der Waals surface area (Å²) in [4.78, 5) is 0. The lowest BCUT2D eigenvalue weighted by Crippen LogP contribution is -2.56. The predicted molar refractivity (Wildman–Crippen MR) is 115 cm³/mol. The number of ether oxygens (including phenoxy) is 4. The van der Waals surface area contributed by atoms with Crippen LogP contribution in [-0.4, -0.2) is 38.0 Å². The van der Waals surface area contributed by atoms with Crippen LogP contribution in [0.1, 0.15) is 78.6 Å². The van der Waals surface area contributed by atoms with Crippen molar-refractivity contribution >= 4 is 0 Å². The van der Waals surface area contributed by atoms with Crippen molar-refractivity contribution in [2.75, 3.05) is 26.4 Å². The molecule has 0 aromatic carbocycles. The monoisotopic (exact) mass is 414 g/mol. The second kappa shape index (κ2) is 6.66. The molecule has 0 aromatic heterocycles. The molecule has 1 saturated carbocycles. The normalized spacial score (nSPS) is 44.0. The summed E-state index contributed by atoms with van der Waals surface area (Å²) >= 11 is 0. The number of fused-ring (bicyclic) bond motifs is 4. The molecule has 0 bridgehead atoms. The fourth-order valence-electron chi connectivity index (χ4n) is 8.86. The van der Waals surface area contributed by atoms with Crippen molar-refractivity contribution in [1.29, 1.82) is 0 Å². The fraction of sp³-hybridized carbons (Fsp3) is 0.846. The summed E-state index contributed by atoms with van der Waals surface area (Å²) in [6.45, 7) is 10.2. The third kappa shape index (κ3) is 2.43. The molecule has 2 unspecified atom stereocenters. The van der Waals surface area contributed by atoms with Gasteiger partial charge in [-0.3, -0.25) is 0 Å². The van der Waals surface area contributed by atoms with Gasteiger partial charge >= 0.3 is 0 Å². The van der Waals surface area contributed by atoms with Crippen LogP contribution >= 0.6 is 0 Å². The molecular formula is C26H38O4. The first-order chi connectivity index (χ1) is 14.5. The molecule has 2 saturated heterocycles. The van der Waals surface area contributed by atoms with Gasteiger partial charge in [0, 0.05) is 18.3 Å². The smallest absolute Gasteiger partial charge is 0.172 e. The van der Waals surface area contributed by atoms with Crippen molar-refractivity contribution in [2.24, 2.45) is 22.7 Å². The molecule has 166 valence electrons. The highest BCUT2D eigenvalue weighted by Gasteiger charge is 2.68. The zero-order valence-corrected chi connectivity index (χ0v) is 19.1. The topological polar surface area (TPSA) is 36.9 Å². The summed E-state index contributed by atoms with van der Waals surface area (Å²) in [7, 11) is 0. The van der Waals surface area contributed by atoms with Gasteiger partial charge in [-0.25, -0.2) is 0 Å². The Kier molecular flexibility index (Phi) is 4.43. The van der Waals surface area contributed by atoms with E-state index in [9.17, 15) is 0 Å². The van der Waals surface area contributed by atoms with Crippen molar-refractivity contribution in [3.8, 4) is 0 Å². The molecule has 30 heavy (non-hydrogen) atoms. The number of allylic oxidation sites excluding steroid dienone is 3. The first-order valence-electron chi connectivity index (χ1n) is 12.4. The number of hydrogen-bond acceptors (Lipinski definition) is 4. The van der Waals surface area contributed by atoms with Gasteiger partial charge in [0.05, 0.1) is 26.4 Å². The molecule has 6 rings (SSSR count). The molecule has 0 aromatic rings. The minimum Gasteiger partial charge on any atom is -0.347 e. The summed E-state index contributed by atoms with van der Waals surface area (Å²) in [6, 6.07) is 0. The number of hydrogen-bond donors (Lipinski definition) is 0. The van der Waals surface area contributed by atoms with Crippen LogP contribution in [0.2, 0.25) is 0 Å². The summed E-state index contributed by atoms with van der Waals surface area (Å²) in [5.41, 5.74) is 5.35. The van der Waals surface area contributed by atoms with Crippen LogP contribution in [0.4, 0.5) is 0 Å². The van der Waals surface area contributed by atoms with Gasteiger partial charge in [0.25, 0.3) is 0 Å². The van der Waals surface area contributed by atoms with E-state index in [-0.39, 0.29) is 16.6 Å². The van der Waals surface area contributed by atoms with E-state index in [2.05, 4.69) is 26.8 Å². The molecular weight excluding hydrogens is 376 g/mol. The molecule has 2 heterocycles. The van der Waals surface area contributed by atoms with E-state index in [1.807, 2.05) is 0 Å².